The standard InChI is InChI=1S/C13H17NO3/c1-16-10-6-9(7-11(8-10)17-2)12(15)13(14)4-3-5-13/h6-8H,3-5,14H2,1-2H3. The van der Waals surface area contributed by atoms with Crippen LogP contribution in [0.2, 0.25) is 0 Å². The SMILES string of the molecule is COc1cc(OC)cc(C(=O)C2(N)CCC2)c1. The molecule has 0 saturated heterocycles. The maximum atomic E-state index is 12.2. The van der Waals surface area contributed by atoms with Gasteiger partial charge < -0.3 is 15.2 Å². The van der Waals surface area contributed by atoms with E-state index in [2.05, 4.69) is 0 Å². The number of carbonyl (C=O) groups is 1. The molecule has 0 atom stereocenters. The van der Waals surface area contributed by atoms with Gasteiger partial charge in [0.25, 0.3) is 0 Å². The van der Waals surface area contributed by atoms with Gasteiger partial charge in [-0.3, -0.25) is 4.79 Å². The van der Waals surface area contributed by atoms with Gasteiger partial charge >= 0.3 is 0 Å². The summed E-state index contributed by atoms with van der Waals surface area (Å²) in [5, 5.41) is 0. The third-order valence-corrected chi connectivity index (χ3v) is 3.31. The topological polar surface area (TPSA) is 61.5 Å². The second-order valence-corrected chi connectivity index (χ2v) is 4.44. The predicted octanol–water partition coefficient (Wildman–Crippen LogP) is 1.77. The molecule has 1 fully saturated rings. The van der Waals surface area contributed by atoms with Crippen LogP contribution in [-0.4, -0.2) is 25.5 Å². The Labute approximate surface area is 101 Å². The molecule has 1 aromatic carbocycles. The van der Waals surface area contributed by atoms with Gasteiger partial charge in [-0.15, -0.1) is 0 Å². The van der Waals surface area contributed by atoms with Crippen molar-refractivity contribution in [3.63, 3.8) is 0 Å². The molecule has 1 saturated carbocycles. The van der Waals surface area contributed by atoms with Crippen molar-refractivity contribution < 1.29 is 14.3 Å². The van der Waals surface area contributed by atoms with Gasteiger partial charge in [0.05, 0.1) is 19.8 Å². The van der Waals surface area contributed by atoms with Crippen LogP contribution in [0, 0.1) is 0 Å². The average Bonchev–Trinajstić information content (AvgIpc) is 2.34. The van der Waals surface area contributed by atoms with E-state index in [4.69, 9.17) is 15.2 Å². The number of ketones is 1. The van der Waals surface area contributed by atoms with Crippen LogP contribution in [0.5, 0.6) is 11.5 Å². The Balaban J connectivity index is 2.34. The number of rotatable bonds is 4. The smallest absolute Gasteiger partial charge is 0.182 e. The minimum atomic E-state index is -0.683. The minimum Gasteiger partial charge on any atom is -0.497 e. The summed E-state index contributed by atoms with van der Waals surface area (Å²) in [5.74, 6) is 1.19. The van der Waals surface area contributed by atoms with E-state index < -0.39 is 5.54 Å². The van der Waals surface area contributed by atoms with E-state index in [-0.39, 0.29) is 5.78 Å². The Morgan fingerprint density at radius 3 is 2.06 bits per heavy atom. The van der Waals surface area contributed by atoms with Crippen molar-refractivity contribution in [1.29, 1.82) is 0 Å². The molecule has 4 heteroatoms. The molecule has 2 rings (SSSR count). The minimum absolute atomic E-state index is 0.0269. The van der Waals surface area contributed by atoms with Gasteiger partial charge in [0.2, 0.25) is 0 Å². The van der Waals surface area contributed by atoms with E-state index in [1.54, 1.807) is 32.4 Å². The first-order chi connectivity index (χ1) is 8.09. The molecular weight excluding hydrogens is 218 g/mol. The van der Waals surface area contributed by atoms with Gasteiger partial charge in [0, 0.05) is 11.6 Å². The third kappa shape index (κ3) is 2.13. The summed E-state index contributed by atoms with van der Waals surface area (Å²) in [4.78, 5) is 12.2. The van der Waals surface area contributed by atoms with Crippen LogP contribution < -0.4 is 15.2 Å². The molecule has 92 valence electrons. The zero-order valence-corrected chi connectivity index (χ0v) is 10.2. The molecule has 0 aromatic heterocycles. The highest BCUT2D eigenvalue weighted by atomic mass is 16.5. The van der Waals surface area contributed by atoms with Crippen molar-refractivity contribution in [2.24, 2.45) is 5.73 Å². The van der Waals surface area contributed by atoms with Crippen molar-refractivity contribution >= 4 is 5.78 Å². The maximum Gasteiger partial charge on any atom is 0.182 e. The summed E-state index contributed by atoms with van der Waals surface area (Å²) in [5.41, 5.74) is 5.91. The lowest BCUT2D eigenvalue weighted by atomic mass is 9.73. The first-order valence-corrected chi connectivity index (χ1v) is 5.66. The van der Waals surface area contributed by atoms with Crippen molar-refractivity contribution in [2.45, 2.75) is 24.8 Å². The molecule has 0 amide bonds. The molecule has 17 heavy (non-hydrogen) atoms. The second kappa shape index (κ2) is 4.37. The number of hydrogen-bond acceptors (Lipinski definition) is 4. The summed E-state index contributed by atoms with van der Waals surface area (Å²) < 4.78 is 10.3. The zero-order chi connectivity index (χ0) is 12.5. The Kier molecular flexibility index (Phi) is 3.07. The van der Waals surface area contributed by atoms with E-state index in [1.807, 2.05) is 0 Å². The number of methoxy groups -OCH3 is 2. The molecule has 0 unspecified atom stereocenters. The summed E-state index contributed by atoms with van der Waals surface area (Å²) in [6, 6.07) is 5.15. The molecule has 1 aliphatic rings. The Morgan fingerprint density at radius 1 is 1.18 bits per heavy atom. The molecule has 0 bridgehead atoms. The lowest BCUT2D eigenvalue weighted by Crippen LogP contribution is -2.53. The monoisotopic (exact) mass is 235 g/mol. The molecule has 0 radical (unpaired) electrons. The second-order valence-electron chi connectivity index (χ2n) is 4.44. The Hall–Kier alpha value is -1.55. The summed E-state index contributed by atoms with van der Waals surface area (Å²) in [7, 11) is 3.12. The van der Waals surface area contributed by atoms with E-state index in [0.717, 1.165) is 19.3 Å². The molecule has 1 aliphatic carbocycles. The van der Waals surface area contributed by atoms with Gasteiger partial charge in [0.1, 0.15) is 11.5 Å². The van der Waals surface area contributed by atoms with Crippen LogP contribution in [0.25, 0.3) is 0 Å². The largest absolute Gasteiger partial charge is 0.497 e. The van der Waals surface area contributed by atoms with E-state index >= 15 is 0 Å². The number of Topliss-reactive ketones (excluding diaryl/α,β-unsaturated/α-hetero) is 1. The van der Waals surface area contributed by atoms with E-state index in [9.17, 15) is 4.79 Å². The van der Waals surface area contributed by atoms with Crippen LogP contribution in [0.15, 0.2) is 18.2 Å². The number of carbonyl (C=O) groups excluding carboxylic acids is 1. The van der Waals surface area contributed by atoms with Gasteiger partial charge in [-0.25, -0.2) is 0 Å². The van der Waals surface area contributed by atoms with Crippen LogP contribution >= 0.6 is 0 Å². The molecular formula is C13H17NO3. The maximum absolute atomic E-state index is 12.2. The molecule has 2 N–H and O–H groups in total. The third-order valence-electron chi connectivity index (χ3n) is 3.31. The van der Waals surface area contributed by atoms with Gasteiger partial charge in [-0.1, -0.05) is 0 Å². The highest BCUT2D eigenvalue weighted by molar-refractivity contribution is 6.04. The van der Waals surface area contributed by atoms with Crippen molar-refractivity contribution in [3.8, 4) is 11.5 Å². The number of benzene rings is 1. The average molecular weight is 235 g/mol. The fraction of sp³-hybridized carbons (Fsp3) is 0.462. The van der Waals surface area contributed by atoms with Crippen LogP contribution in [0.4, 0.5) is 0 Å². The Bertz CT molecular complexity index is 416. The number of hydrogen-bond donors (Lipinski definition) is 1. The number of nitrogens with two attached hydrogens (primary N) is 1. The lowest BCUT2D eigenvalue weighted by molar-refractivity contribution is 0.0800. The first kappa shape index (κ1) is 11.9. The zero-order valence-electron chi connectivity index (χ0n) is 10.2. The quantitative estimate of drug-likeness (QED) is 0.808. The highest BCUT2D eigenvalue weighted by Gasteiger charge is 2.40. The van der Waals surface area contributed by atoms with Crippen molar-refractivity contribution in [3.05, 3.63) is 23.8 Å². The first-order valence-electron chi connectivity index (χ1n) is 5.66. The summed E-state index contributed by atoms with van der Waals surface area (Å²) >= 11 is 0. The summed E-state index contributed by atoms with van der Waals surface area (Å²) in [6.45, 7) is 0. The molecule has 0 aliphatic heterocycles. The number of ether oxygens (including phenoxy) is 2. The fourth-order valence-electron chi connectivity index (χ4n) is 2.01. The van der Waals surface area contributed by atoms with Crippen molar-refractivity contribution in [1.82, 2.24) is 0 Å². The van der Waals surface area contributed by atoms with Gasteiger partial charge in [0.15, 0.2) is 5.78 Å². The Morgan fingerprint density at radius 2 is 1.71 bits per heavy atom. The van der Waals surface area contributed by atoms with Crippen LogP contribution in [0.1, 0.15) is 29.6 Å². The van der Waals surface area contributed by atoms with Gasteiger partial charge in [-0.05, 0) is 31.4 Å². The van der Waals surface area contributed by atoms with Crippen LogP contribution in [-0.2, 0) is 0 Å². The predicted molar refractivity (Wildman–Crippen MR) is 64.6 cm³/mol. The molecule has 0 heterocycles. The lowest BCUT2D eigenvalue weighted by Gasteiger charge is -2.36. The normalized spacial score (nSPS) is 17.1. The molecule has 0 spiro atoms. The molecule has 1 aromatic rings. The van der Waals surface area contributed by atoms with E-state index in [0.29, 0.717) is 17.1 Å². The van der Waals surface area contributed by atoms with Gasteiger partial charge in [-0.2, -0.15) is 0 Å². The fourth-order valence-corrected chi connectivity index (χ4v) is 2.01. The molecule has 4 nitrogen and oxygen atoms in total. The van der Waals surface area contributed by atoms with Crippen molar-refractivity contribution in [2.75, 3.05) is 14.2 Å². The van der Waals surface area contributed by atoms with E-state index in [1.165, 1.54) is 0 Å². The van der Waals surface area contributed by atoms with Crippen LogP contribution in [0.3, 0.4) is 0 Å². The highest BCUT2D eigenvalue weighted by Crippen LogP contribution is 2.34. The summed E-state index contributed by atoms with van der Waals surface area (Å²) in [6.07, 6.45) is 2.53.